The monoisotopic (exact) mass is 335 g/mol. The summed E-state index contributed by atoms with van der Waals surface area (Å²) in [7, 11) is 1.51. The fourth-order valence-electron chi connectivity index (χ4n) is 1.98. The van der Waals surface area contributed by atoms with Crippen LogP contribution in [-0.4, -0.2) is 23.2 Å². The lowest BCUT2D eigenvalue weighted by atomic mass is 9.93. The number of carboxylic acid groups (broad SMARTS) is 1. The van der Waals surface area contributed by atoms with E-state index in [9.17, 15) is 9.90 Å². The molecule has 4 nitrogen and oxygen atoms in total. The number of carboxylic acids is 1. The summed E-state index contributed by atoms with van der Waals surface area (Å²) >= 11 is 3.44. The first kappa shape index (κ1) is 14.5. The molecule has 1 N–H and O–H groups in total. The summed E-state index contributed by atoms with van der Waals surface area (Å²) in [6, 6.07) is 11.0. The second kappa shape index (κ2) is 6.52. The Morgan fingerprint density at radius 2 is 2.15 bits per heavy atom. The second-order valence-corrected chi connectivity index (χ2v) is 5.17. The molecule has 1 unspecified atom stereocenters. The van der Waals surface area contributed by atoms with Crippen LogP contribution in [0.2, 0.25) is 0 Å². The van der Waals surface area contributed by atoms with Crippen molar-refractivity contribution in [2.45, 2.75) is 12.3 Å². The molecule has 0 aliphatic rings. The number of carbonyl (C=O) groups is 1. The van der Waals surface area contributed by atoms with Crippen LogP contribution in [0.5, 0.6) is 5.88 Å². The predicted molar refractivity (Wildman–Crippen MR) is 79.0 cm³/mol. The molecule has 1 heterocycles. The van der Waals surface area contributed by atoms with Crippen molar-refractivity contribution in [2.24, 2.45) is 0 Å². The summed E-state index contributed by atoms with van der Waals surface area (Å²) in [5.74, 6) is -1.08. The number of pyridine rings is 1. The van der Waals surface area contributed by atoms with Crippen molar-refractivity contribution in [3.05, 3.63) is 58.2 Å². The van der Waals surface area contributed by atoms with Gasteiger partial charge in [-0.3, -0.25) is 4.79 Å². The lowest BCUT2D eigenvalue weighted by molar-refractivity contribution is -0.138. The zero-order valence-corrected chi connectivity index (χ0v) is 12.5. The molecule has 20 heavy (non-hydrogen) atoms. The number of halogens is 1. The van der Waals surface area contributed by atoms with Gasteiger partial charge < -0.3 is 9.84 Å². The lowest BCUT2D eigenvalue weighted by Crippen LogP contribution is -2.15. The third-order valence-corrected chi connectivity index (χ3v) is 3.82. The molecule has 2 rings (SSSR count). The zero-order valence-electron chi connectivity index (χ0n) is 10.9. The highest BCUT2D eigenvalue weighted by atomic mass is 79.9. The predicted octanol–water partition coefficient (Wildman–Crippen LogP) is 3.26. The van der Waals surface area contributed by atoms with Gasteiger partial charge in [-0.15, -0.1) is 0 Å². The van der Waals surface area contributed by atoms with E-state index in [1.807, 2.05) is 24.3 Å². The Bertz CT molecular complexity index is 616. The minimum Gasteiger partial charge on any atom is -0.481 e. The normalized spacial score (nSPS) is 11.9. The van der Waals surface area contributed by atoms with Crippen molar-refractivity contribution >= 4 is 21.9 Å². The Kier molecular flexibility index (Phi) is 4.74. The first-order valence-corrected chi connectivity index (χ1v) is 6.87. The van der Waals surface area contributed by atoms with Crippen LogP contribution in [0.4, 0.5) is 0 Å². The molecule has 1 aromatic carbocycles. The molecule has 1 aromatic heterocycles. The molecule has 0 bridgehead atoms. The van der Waals surface area contributed by atoms with Crippen LogP contribution in [0.25, 0.3) is 0 Å². The summed E-state index contributed by atoms with van der Waals surface area (Å²) in [4.78, 5) is 15.5. The maximum Gasteiger partial charge on any atom is 0.311 e. The molecule has 0 fully saturated rings. The first-order chi connectivity index (χ1) is 9.61. The third kappa shape index (κ3) is 3.36. The Morgan fingerprint density at radius 3 is 2.80 bits per heavy atom. The zero-order chi connectivity index (χ0) is 14.5. The third-order valence-electron chi connectivity index (χ3n) is 3.05. The van der Waals surface area contributed by atoms with E-state index in [2.05, 4.69) is 20.9 Å². The number of rotatable bonds is 5. The SMILES string of the molecule is COc1cc(C(Cc2ccccc2Br)C(=O)O)ccn1. The van der Waals surface area contributed by atoms with Crippen LogP contribution in [0.1, 0.15) is 17.0 Å². The summed E-state index contributed by atoms with van der Waals surface area (Å²) in [5, 5.41) is 9.47. The minimum absolute atomic E-state index is 0.407. The van der Waals surface area contributed by atoms with Crippen molar-refractivity contribution < 1.29 is 14.6 Å². The fraction of sp³-hybridized carbons (Fsp3) is 0.200. The van der Waals surface area contributed by atoms with Gasteiger partial charge in [0.25, 0.3) is 0 Å². The van der Waals surface area contributed by atoms with Crippen LogP contribution < -0.4 is 4.74 Å². The van der Waals surface area contributed by atoms with Gasteiger partial charge in [-0.1, -0.05) is 34.1 Å². The Balaban J connectivity index is 2.32. The largest absolute Gasteiger partial charge is 0.481 e. The Morgan fingerprint density at radius 1 is 1.40 bits per heavy atom. The van der Waals surface area contributed by atoms with E-state index in [0.29, 0.717) is 17.9 Å². The number of benzene rings is 1. The Labute approximate surface area is 125 Å². The topological polar surface area (TPSA) is 59.4 Å². The van der Waals surface area contributed by atoms with Gasteiger partial charge in [0.1, 0.15) is 0 Å². The van der Waals surface area contributed by atoms with E-state index >= 15 is 0 Å². The molecule has 2 aromatic rings. The van der Waals surface area contributed by atoms with Crippen LogP contribution in [0.3, 0.4) is 0 Å². The molecule has 104 valence electrons. The van der Waals surface area contributed by atoms with E-state index in [1.165, 1.54) is 7.11 Å². The van der Waals surface area contributed by atoms with Crippen LogP contribution in [-0.2, 0) is 11.2 Å². The maximum atomic E-state index is 11.5. The molecule has 0 spiro atoms. The van der Waals surface area contributed by atoms with Crippen LogP contribution >= 0.6 is 15.9 Å². The molecule has 0 aliphatic carbocycles. The fourth-order valence-corrected chi connectivity index (χ4v) is 2.43. The van der Waals surface area contributed by atoms with Gasteiger partial charge in [0.15, 0.2) is 0 Å². The number of hydrogen-bond acceptors (Lipinski definition) is 3. The summed E-state index contributed by atoms with van der Waals surface area (Å²) in [5.41, 5.74) is 1.63. The smallest absolute Gasteiger partial charge is 0.311 e. The number of nitrogens with zero attached hydrogens (tertiary/aromatic N) is 1. The molecule has 5 heteroatoms. The first-order valence-electron chi connectivity index (χ1n) is 6.08. The summed E-state index contributed by atoms with van der Waals surface area (Å²) < 4.78 is 5.95. The minimum atomic E-state index is -0.867. The molecule has 0 aliphatic heterocycles. The highest BCUT2D eigenvalue weighted by Gasteiger charge is 2.22. The molecule has 0 amide bonds. The number of aliphatic carboxylic acids is 1. The molecular formula is C15H14BrNO3. The number of hydrogen-bond donors (Lipinski definition) is 1. The number of aromatic nitrogens is 1. The van der Waals surface area contributed by atoms with Crippen LogP contribution in [0, 0.1) is 0 Å². The quantitative estimate of drug-likeness (QED) is 0.910. The van der Waals surface area contributed by atoms with Gasteiger partial charge >= 0.3 is 5.97 Å². The average molecular weight is 336 g/mol. The van der Waals surface area contributed by atoms with Gasteiger partial charge in [-0.2, -0.15) is 0 Å². The summed E-state index contributed by atoms with van der Waals surface area (Å²) in [6.07, 6.45) is 1.97. The maximum absolute atomic E-state index is 11.5. The molecular weight excluding hydrogens is 322 g/mol. The number of methoxy groups -OCH3 is 1. The van der Waals surface area contributed by atoms with Crippen molar-refractivity contribution in [3.8, 4) is 5.88 Å². The highest BCUT2D eigenvalue weighted by Crippen LogP contribution is 2.27. The van der Waals surface area contributed by atoms with Gasteiger partial charge in [0, 0.05) is 16.7 Å². The molecule has 0 radical (unpaired) electrons. The van der Waals surface area contributed by atoms with Gasteiger partial charge in [0.2, 0.25) is 5.88 Å². The van der Waals surface area contributed by atoms with Crippen molar-refractivity contribution in [2.75, 3.05) is 7.11 Å². The number of ether oxygens (including phenoxy) is 1. The van der Waals surface area contributed by atoms with E-state index in [4.69, 9.17) is 4.74 Å². The van der Waals surface area contributed by atoms with E-state index in [-0.39, 0.29) is 0 Å². The van der Waals surface area contributed by atoms with E-state index in [1.54, 1.807) is 18.3 Å². The van der Waals surface area contributed by atoms with Gasteiger partial charge in [-0.05, 0) is 29.7 Å². The van der Waals surface area contributed by atoms with Gasteiger partial charge in [-0.25, -0.2) is 4.98 Å². The lowest BCUT2D eigenvalue weighted by Gasteiger charge is -2.14. The van der Waals surface area contributed by atoms with E-state index in [0.717, 1.165) is 10.0 Å². The van der Waals surface area contributed by atoms with Gasteiger partial charge in [0.05, 0.1) is 13.0 Å². The Hall–Kier alpha value is -1.88. The van der Waals surface area contributed by atoms with Crippen molar-refractivity contribution in [1.29, 1.82) is 0 Å². The average Bonchev–Trinajstić information content (AvgIpc) is 2.46. The molecule has 1 atom stereocenters. The van der Waals surface area contributed by atoms with Crippen molar-refractivity contribution in [1.82, 2.24) is 4.98 Å². The standard InChI is InChI=1S/C15H14BrNO3/c1-20-14-9-10(6-7-17-14)12(15(18)19)8-11-4-2-3-5-13(11)16/h2-7,9,12H,8H2,1H3,(H,18,19). The van der Waals surface area contributed by atoms with Crippen molar-refractivity contribution in [3.63, 3.8) is 0 Å². The molecule has 0 saturated carbocycles. The van der Waals surface area contributed by atoms with Crippen LogP contribution in [0.15, 0.2) is 47.1 Å². The second-order valence-electron chi connectivity index (χ2n) is 4.32. The molecule has 0 saturated heterocycles. The van der Waals surface area contributed by atoms with E-state index < -0.39 is 11.9 Å². The summed E-state index contributed by atoms with van der Waals surface area (Å²) in [6.45, 7) is 0. The highest BCUT2D eigenvalue weighted by molar-refractivity contribution is 9.10.